The SMILES string of the molecule is N#Cc1c(N)cccc1OCCc1ccccc1F. The standard InChI is InChI=1S/C15H13FN2O/c16-13-5-2-1-4-11(13)8-9-19-15-7-3-6-14(18)12(15)10-17/h1-7H,8-9,18H2. The highest BCUT2D eigenvalue weighted by Gasteiger charge is 2.07. The lowest BCUT2D eigenvalue weighted by atomic mass is 10.1. The molecule has 0 aliphatic carbocycles. The fraction of sp³-hybridized carbons (Fsp3) is 0.133. The molecule has 2 N–H and O–H groups in total. The summed E-state index contributed by atoms with van der Waals surface area (Å²) in [5.41, 5.74) is 6.96. The van der Waals surface area contributed by atoms with Crippen LogP contribution in [0.15, 0.2) is 42.5 Å². The molecule has 4 heteroatoms. The summed E-state index contributed by atoms with van der Waals surface area (Å²) in [7, 11) is 0. The van der Waals surface area contributed by atoms with Crippen molar-refractivity contribution >= 4 is 5.69 Å². The summed E-state index contributed by atoms with van der Waals surface area (Å²) in [6, 6.07) is 13.6. The van der Waals surface area contributed by atoms with E-state index in [0.29, 0.717) is 35.6 Å². The maximum Gasteiger partial charge on any atom is 0.139 e. The molecule has 0 spiro atoms. The molecule has 0 saturated heterocycles. The Morgan fingerprint density at radius 3 is 2.68 bits per heavy atom. The first-order valence-corrected chi connectivity index (χ1v) is 5.87. The Hall–Kier alpha value is -2.54. The number of ether oxygens (including phenoxy) is 1. The summed E-state index contributed by atoms with van der Waals surface area (Å²) < 4.78 is 18.9. The lowest BCUT2D eigenvalue weighted by Gasteiger charge is -2.09. The highest BCUT2D eigenvalue weighted by molar-refractivity contribution is 5.60. The van der Waals surface area contributed by atoms with Gasteiger partial charge in [-0.25, -0.2) is 4.39 Å². The minimum Gasteiger partial charge on any atom is -0.492 e. The van der Waals surface area contributed by atoms with Crippen LogP contribution in [0.25, 0.3) is 0 Å². The molecule has 2 rings (SSSR count). The fourth-order valence-electron chi connectivity index (χ4n) is 1.76. The first-order valence-electron chi connectivity index (χ1n) is 5.87. The van der Waals surface area contributed by atoms with E-state index in [1.807, 2.05) is 6.07 Å². The number of hydrogen-bond acceptors (Lipinski definition) is 3. The number of nitriles is 1. The predicted octanol–water partition coefficient (Wildman–Crippen LogP) is 2.90. The third kappa shape index (κ3) is 3.02. The van der Waals surface area contributed by atoms with Gasteiger partial charge >= 0.3 is 0 Å². The lowest BCUT2D eigenvalue weighted by molar-refractivity contribution is 0.319. The second kappa shape index (κ2) is 5.87. The van der Waals surface area contributed by atoms with Crippen LogP contribution in [0.2, 0.25) is 0 Å². The van der Waals surface area contributed by atoms with Gasteiger partial charge in [-0.3, -0.25) is 0 Å². The van der Waals surface area contributed by atoms with E-state index in [4.69, 9.17) is 15.7 Å². The first-order chi connectivity index (χ1) is 9.22. The number of anilines is 1. The van der Waals surface area contributed by atoms with Crippen molar-refractivity contribution in [2.24, 2.45) is 0 Å². The van der Waals surface area contributed by atoms with Crippen molar-refractivity contribution in [3.8, 4) is 11.8 Å². The van der Waals surface area contributed by atoms with E-state index in [0.717, 1.165) is 0 Å². The van der Waals surface area contributed by atoms with Gasteiger partial charge in [0.1, 0.15) is 23.2 Å². The summed E-state index contributed by atoms with van der Waals surface area (Å²) in [5, 5.41) is 8.99. The Morgan fingerprint density at radius 2 is 1.95 bits per heavy atom. The molecular weight excluding hydrogens is 243 g/mol. The maximum absolute atomic E-state index is 13.4. The van der Waals surface area contributed by atoms with Crippen LogP contribution in [-0.4, -0.2) is 6.61 Å². The van der Waals surface area contributed by atoms with Gasteiger partial charge in [0.15, 0.2) is 0 Å². The Morgan fingerprint density at radius 1 is 1.16 bits per heavy atom. The van der Waals surface area contributed by atoms with Crippen molar-refractivity contribution < 1.29 is 9.13 Å². The van der Waals surface area contributed by atoms with E-state index in [1.165, 1.54) is 6.07 Å². The van der Waals surface area contributed by atoms with Crippen molar-refractivity contribution in [3.05, 3.63) is 59.4 Å². The molecule has 0 atom stereocenters. The molecule has 2 aromatic rings. The topological polar surface area (TPSA) is 59.0 Å². The minimum absolute atomic E-state index is 0.251. The zero-order valence-electron chi connectivity index (χ0n) is 10.3. The molecule has 19 heavy (non-hydrogen) atoms. The van der Waals surface area contributed by atoms with Gasteiger partial charge < -0.3 is 10.5 Å². The molecular formula is C15H13FN2O. The van der Waals surface area contributed by atoms with Crippen LogP contribution >= 0.6 is 0 Å². The second-order valence-electron chi connectivity index (χ2n) is 4.02. The highest BCUT2D eigenvalue weighted by atomic mass is 19.1. The largest absolute Gasteiger partial charge is 0.492 e. The summed E-state index contributed by atoms with van der Waals surface area (Å²) in [6.45, 7) is 0.291. The van der Waals surface area contributed by atoms with Crippen LogP contribution in [0, 0.1) is 17.1 Å². The second-order valence-corrected chi connectivity index (χ2v) is 4.02. The molecule has 96 valence electrons. The molecule has 0 aromatic heterocycles. The lowest BCUT2D eigenvalue weighted by Crippen LogP contribution is -2.05. The van der Waals surface area contributed by atoms with Gasteiger partial charge in [-0.1, -0.05) is 24.3 Å². The monoisotopic (exact) mass is 256 g/mol. The summed E-state index contributed by atoms with van der Waals surface area (Å²) in [6.07, 6.45) is 0.437. The zero-order chi connectivity index (χ0) is 13.7. The number of nitrogens with two attached hydrogens (primary N) is 1. The van der Waals surface area contributed by atoms with Crippen LogP contribution in [0.4, 0.5) is 10.1 Å². The van der Waals surface area contributed by atoms with E-state index in [1.54, 1.807) is 36.4 Å². The van der Waals surface area contributed by atoms with Crippen LogP contribution in [-0.2, 0) is 6.42 Å². The fourth-order valence-corrected chi connectivity index (χ4v) is 1.76. The van der Waals surface area contributed by atoms with Crippen LogP contribution in [0.1, 0.15) is 11.1 Å². The van der Waals surface area contributed by atoms with Crippen LogP contribution < -0.4 is 10.5 Å². The molecule has 0 unspecified atom stereocenters. The Labute approximate surface area is 111 Å². The van der Waals surface area contributed by atoms with Crippen molar-refractivity contribution in [2.45, 2.75) is 6.42 Å². The highest BCUT2D eigenvalue weighted by Crippen LogP contribution is 2.23. The predicted molar refractivity (Wildman–Crippen MR) is 71.2 cm³/mol. The average molecular weight is 256 g/mol. The number of nitrogen functional groups attached to an aromatic ring is 1. The van der Waals surface area contributed by atoms with Gasteiger partial charge in [-0.2, -0.15) is 5.26 Å². The average Bonchev–Trinajstić information content (AvgIpc) is 2.41. The van der Waals surface area contributed by atoms with E-state index >= 15 is 0 Å². The van der Waals surface area contributed by atoms with E-state index in [9.17, 15) is 4.39 Å². The van der Waals surface area contributed by atoms with Crippen LogP contribution in [0.3, 0.4) is 0 Å². The van der Waals surface area contributed by atoms with Crippen molar-refractivity contribution in [3.63, 3.8) is 0 Å². The summed E-state index contributed by atoms with van der Waals surface area (Å²) in [5.74, 6) is 0.179. The zero-order valence-corrected chi connectivity index (χ0v) is 10.3. The summed E-state index contributed by atoms with van der Waals surface area (Å²) >= 11 is 0. The Kier molecular flexibility index (Phi) is 3.99. The normalized spacial score (nSPS) is 9.89. The molecule has 0 fully saturated rings. The molecule has 0 bridgehead atoms. The van der Waals surface area contributed by atoms with Crippen molar-refractivity contribution in [1.82, 2.24) is 0 Å². The van der Waals surface area contributed by atoms with E-state index in [2.05, 4.69) is 0 Å². The molecule has 0 radical (unpaired) electrons. The van der Waals surface area contributed by atoms with Gasteiger partial charge in [0.05, 0.1) is 12.3 Å². The van der Waals surface area contributed by atoms with Gasteiger partial charge in [-0.05, 0) is 23.8 Å². The molecule has 3 nitrogen and oxygen atoms in total. The van der Waals surface area contributed by atoms with E-state index in [-0.39, 0.29) is 5.82 Å². The molecule has 0 aliphatic rings. The number of hydrogen-bond donors (Lipinski definition) is 1. The molecule has 0 amide bonds. The van der Waals surface area contributed by atoms with Gasteiger partial charge in [0, 0.05) is 6.42 Å². The number of rotatable bonds is 4. The quantitative estimate of drug-likeness (QED) is 0.856. The number of nitrogens with zero attached hydrogens (tertiary/aromatic N) is 1. The first kappa shape index (κ1) is 12.9. The number of benzene rings is 2. The minimum atomic E-state index is -0.251. The smallest absolute Gasteiger partial charge is 0.139 e. The molecule has 2 aromatic carbocycles. The molecule has 0 heterocycles. The Balaban J connectivity index is 2.03. The van der Waals surface area contributed by atoms with Gasteiger partial charge in [0.25, 0.3) is 0 Å². The summed E-state index contributed by atoms with van der Waals surface area (Å²) in [4.78, 5) is 0. The third-order valence-electron chi connectivity index (χ3n) is 2.76. The van der Waals surface area contributed by atoms with E-state index < -0.39 is 0 Å². The van der Waals surface area contributed by atoms with Crippen molar-refractivity contribution in [1.29, 1.82) is 5.26 Å². The third-order valence-corrected chi connectivity index (χ3v) is 2.76. The van der Waals surface area contributed by atoms with Crippen LogP contribution in [0.5, 0.6) is 5.75 Å². The molecule has 0 saturated carbocycles. The maximum atomic E-state index is 13.4. The molecule has 0 aliphatic heterocycles. The number of halogens is 1. The van der Waals surface area contributed by atoms with Gasteiger partial charge in [-0.15, -0.1) is 0 Å². The Bertz CT molecular complexity index is 620. The van der Waals surface area contributed by atoms with Crippen molar-refractivity contribution in [2.75, 3.05) is 12.3 Å². The van der Waals surface area contributed by atoms with Gasteiger partial charge in [0.2, 0.25) is 0 Å².